The highest BCUT2D eigenvalue weighted by atomic mass is 35.5. The Bertz CT molecular complexity index is 789. The molecule has 0 spiro atoms. The van der Waals surface area contributed by atoms with Gasteiger partial charge in [-0.1, -0.05) is 41.4 Å². The summed E-state index contributed by atoms with van der Waals surface area (Å²) in [4.78, 5) is 15.1. The Kier molecular flexibility index (Phi) is 6.66. The summed E-state index contributed by atoms with van der Waals surface area (Å²) in [7, 11) is 1.82. The SMILES string of the molecule is CCNC(=NCc1ccccc1[N+](=O)[O-])NCc1cc(Cl)c(Cl)n1C. The Balaban J connectivity index is 2.11. The molecule has 1 heterocycles. The van der Waals surface area contributed by atoms with Crippen molar-refractivity contribution < 1.29 is 4.92 Å². The van der Waals surface area contributed by atoms with E-state index in [1.54, 1.807) is 28.8 Å². The monoisotopic (exact) mass is 383 g/mol. The number of rotatable bonds is 6. The highest BCUT2D eigenvalue weighted by molar-refractivity contribution is 6.41. The Morgan fingerprint density at radius 1 is 1.32 bits per heavy atom. The van der Waals surface area contributed by atoms with Crippen LogP contribution < -0.4 is 10.6 Å². The van der Waals surface area contributed by atoms with E-state index in [-0.39, 0.29) is 12.2 Å². The first kappa shape index (κ1) is 19.1. The van der Waals surface area contributed by atoms with E-state index in [1.807, 2.05) is 14.0 Å². The van der Waals surface area contributed by atoms with Gasteiger partial charge >= 0.3 is 0 Å². The fraction of sp³-hybridized carbons (Fsp3) is 0.312. The molecule has 0 bridgehead atoms. The van der Waals surface area contributed by atoms with E-state index >= 15 is 0 Å². The highest BCUT2D eigenvalue weighted by Crippen LogP contribution is 2.25. The number of para-hydroxylation sites is 1. The average molecular weight is 384 g/mol. The van der Waals surface area contributed by atoms with Crippen LogP contribution in [-0.2, 0) is 20.1 Å². The molecule has 0 unspecified atom stereocenters. The van der Waals surface area contributed by atoms with E-state index in [1.165, 1.54) is 6.07 Å². The van der Waals surface area contributed by atoms with Crippen LogP contribution in [0.15, 0.2) is 35.3 Å². The minimum Gasteiger partial charge on any atom is -0.357 e. The summed E-state index contributed by atoms with van der Waals surface area (Å²) in [5, 5.41) is 18.3. The molecule has 2 rings (SSSR count). The molecule has 0 fully saturated rings. The molecule has 1 aromatic carbocycles. The van der Waals surface area contributed by atoms with Gasteiger partial charge in [0.25, 0.3) is 5.69 Å². The molecule has 0 saturated heterocycles. The van der Waals surface area contributed by atoms with E-state index in [9.17, 15) is 10.1 Å². The zero-order valence-corrected chi connectivity index (χ0v) is 15.4. The van der Waals surface area contributed by atoms with Crippen LogP contribution in [0.25, 0.3) is 0 Å². The third-order valence-corrected chi connectivity index (χ3v) is 4.43. The summed E-state index contributed by atoms with van der Waals surface area (Å²) in [5.41, 5.74) is 1.50. The number of halogens is 2. The lowest BCUT2D eigenvalue weighted by Crippen LogP contribution is -2.37. The van der Waals surface area contributed by atoms with E-state index in [0.717, 1.165) is 5.69 Å². The van der Waals surface area contributed by atoms with Crippen molar-refractivity contribution in [3.05, 3.63) is 61.9 Å². The summed E-state index contributed by atoms with van der Waals surface area (Å²) >= 11 is 12.1. The molecule has 0 radical (unpaired) electrons. The van der Waals surface area contributed by atoms with E-state index in [4.69, 9.17) is 23.2 Å². The maximum atomic E-state index is 11.1. The van der Waals surface area contributed by atoms with Crippen LogP contribution in [0.2, 0.25) is 10.2 Å². The molecule has 0 atom stereocenters. The number of aliphatic imine (C=N–C) groups is 1. The molecule has 9 heteroatoms. The highest BCUT2D eigenvalue weighted by Gasteiger charge is 2.12. The molecular weight excluding hydrogens is 365 g/mol. The summed E-state index contributed by atoms with van der Waals surface area (Å²) < 4.78 is 1.78. The molecule has 0 aliphatic heterocycles. The smallest absolute Gasteiger partial charge is 0.274 e. The second-order valence-corrected chi connectivity index (χ2v) is 6.03. The summed E-state index contributed by atoms with van der Waals surface area (Å²) in [6, 6.07) is 8.34. The van der Waals surface area contributed by atoms with Gasteiger partial charge in [0.1, 0.15) is 5.15 Å². The predicted octanol–water partition coefficient (Wildman–Crippen LogP) is 3.50. The molecule has 2 aromatic rings. The number of benzene rings is 1. The quantitative estimate of drug-likeness (QED) is 0.346. The van der Waals surface area contributed by atoms with Crippen molar-refractivity contribution in [2.75, 3.05) is 6.54 Å². The van der Waals surface area contributed by atoms with Gasteiger partial charge in [-0.25, -0.2) is 4.99 Å². The van der Waals surface area contributed by atoms with Gasteiger partial charge < -0.3 is 15.2 Å². The maximum Gasteiger partial charge on any atom is 0.274 e. The lowest BCUT2D eigenvalue weighted by molar-refractivity contribution is -0.385. The number of nitrogens with one attached hydrogen (secondary N) is 2. The van der Waals surface area contributed by atoms with E-state index in [0.29, 0.717) is 34.8 Å². The second-order valence-electron chi connectivity index (χ2n) is 5.27. The van der Waals surface area contributed by atoms with Crippen molar-refractivity contribution in [3.63, 3.8) is 0 Å². The van der Waals surface area contributed by atoms with Gasteiger partial charge in [0.15, 0.2) is 5.96 Å². The number of nitrogens with zero attached hydrogens (tertiary/aromatic N) is 3. The van der Waals surface area contributed by atoms with E-state index < -0.39 is 4.92 Å². The molecule has 1 aromatic heterocycles. The Morgan fingerprint density at radius 2 is 2.04 bits per heavy atom. The van der Waals surface area contributed by atoms with Crippen molar-refractivity contribution >= 4 is 34.8 Å². The zero-order chi connectivity index (χ0) is 18.4. The molecule has 25 heavy (non-hydrogen) atoms. The van der Waals surface area contributed by atoms with E-state index in [2.05, 4.69) is 15.6 Å². The molecule has 2 N–H and O–H groups in total. The van der Waals surface area contributed by atoms with Gasteiger partial charge in [-0.3, -0.25) is 10.1 Å². The molecule has 0 aliphatic carbocycles. The van der Waals surface area contributed by atoms with Crippen molar-refractivity contribution in [3.8, 4) is 0 Å². The number of aromatic nitrogens is 1. The van der Waals surface area contributed by atoms with Gasteiger partial charge in [-0.05, 0) is 13.0 Å². The zero-order valence-electron chi connectivity index (χ0n) is 13.9. The fourth-order valence-electron chi connectivity index (χ4n) is 2.26. The molecular formula is C16H19Cl2N5O2. The Labute approximate surface area is 155 Å². The van der Waals surface area contributed by atoms with Crippen molar-refractivity contribution in [2.24, 2.45) is 12.0 Å². The number of nitro groups is 1. The number of hydrogen-bond acceptors (Lipinski definition) is 3. The second kappa shape index (κ2) is 8.73. The van der Waals surface area contributed by atoms with Gasteiger partial charge in [0.2, 0.25) is 0 Å². The third-order valence-electron chi connectivity index (χ3n) is 3.59. The minimum absolute atomic E-state index is 0.0584. The van der Waals surface area contributed by atoms with Gasteiger partial charge in [0, 0.05) is 25.4 Å². The standard InChI is InChI=1S/C16H19Cl2N5O2/c1-3-19-16(21-10-12-8-13(17)15(18)22(12)2)20-9-11-6-4-5-7-14(11)23(24)25/h4-8H,3,9-10H2,1-2H3,(H2,19,20,21). The Hall–Kier alpha value is -2.25. The fourth-order valence-corrected chi connectivity index (χ4v) is 2.68. The molecule has 0 aliphatic rings. The van der Waals surface area contributed by atoms with Crippen LogP contribution in [0.1, 0.15) is 18.2 Å². The topological polar surface area (TPSA) is 84.5 Å². The van der Waals surface area contributed by atoms with Crippen LogP contribution in [0.4, 0.5) is 5.69 Å². The van der Waals surface area contributed by atoms with Crippen molar-refractivity contribution in [2.45, 2.75) is 20.0 Å². The van der Waals surface area contributed by atoms with Gasteiger partial charge in [-0.15, -0.1) is 0 Å². The maximum absolute atomic E-state index is 11.1. The van der Waals surface area contributed by atoms with Crippen LogP contribution in [0, 0.1) is 10.1 Å². The first-order valence-corrected chi connectivity index (χ1v) is 8.43. The molecule has 134 valence electrons. The largest absolute Gasteiger partial charge is 0.357 e. The third kappa shape index (κ3) is 4.87. The van der Waals surface area contributed by atoms with Crippen LogP contribution in [0.3, 0.4) is 0 Å². The first-order chi connectivity index (χ1) is 11.9. The van der Waals surface area contributed by atoms with Gasteiger partial charge in [0.05, 0.1) is 28.6 Å². The minimum atomic E-state index is -0.404. The summed E-state index contributed by atoms with van der Waals surface area (Å²) in [6.45, 7) is 3.27. The average Bonchev–Trinajstić information content (AvgIpc) is 2.84. The first-order valence-electron chi connectivity index (χ1n) is 7.68. The van der Waals surface area contributed by atoms with Crippen molar-refractivity contribution in [1.82, 2.24) is 15.2 Å². The van der Waals surface area contributed by atoms with Crippen LogP contribution >= 0.6 is 23.2 Å². The molecule has 0 saturated carbocycles. The normalized spacial score (nSPS) is 11.4. The van der Waals surface area contributed by atoms with Crippen molar-refractivity contribution in [1.29, 1.82) is 0 Å². The molecule has 0 amide bonds. The number of hydrogen-bond donors (Lipinski definition) is 2. The lowest BCUT2D eigenvalue weighted by Gasteiger charge is -2.12. The lowest BCUT2D eigenvalue weighted by atomic mass is 10.2. The van der Waals surface area contributed by atoms with Crippen LogP contribution in [-0.4, -0.2) is 22.0 Å². The molecule has 7 nitrogen and oxygen atoms in total. The number of nitro benzene ring substituents is 1. The Morgan fingerprint density at radius 3 is 2.64 bits per heavy atom. The predicted molar refractivity (Wildman–Crippen MR) is 100 cm³/mol. The van der Waals surface area contributed by atoms with Crippen LogP contribution in [0.5, 0.6) is 0 Å². The summed E-state index contributed by atoms with van der Waals surface area (Å²) in [5.74, 6) is 0.550. The van der Waals surface area contributed by atoms with Gasteiger partial charge in [-0.2, -0.15) is 0 Å². The summed E-state index contributed by atoms with van der Waals surface area (Å²) in [6.07, 6.45) is 0. The number of guanidine groups is 1.